The van der Waals surface area contributed by atoms with Crippen molar-refractivity contribution in [1.29, 1.82) is 0 Å². The van der Waals surface area contributed by atoms with Gasteiger partial charge in [0.25, 0.3) is 0 Å². The topological polar surface area (TPSA) is 46.2 Å². The molecule has 0 radical (unpaired) electrons. The van der Waals surface area contributed by atoms with E-state index in [0.29, 0.717) is 12.5 Å². The summed E-state index contributed by atoms with van der Waals surface area (Å²) in [5.74, 6) is 0.326. The Balaban J connectivity index is 2.48. The predicted octanol–water partition coefficient (Wildman–Crippen LogP) is 1.91. The smallest absolute Gasteiger partial charge is 0.0636 e. The van der Waals surface area contributed by atoms with Gasteiger partial charge in [-0.15, -0.1) is 0 Å². The van der Waals surface area contributed by atoms with Gasteiger partial charge < -0.3 is 10.8 Å². The van der Waals surface area contributed by atoms with Gasteiger partial charge in [0, 0.05) is 0 Å². The van der Waals surface area contributed by atoms with E-state index < -0.39 is 0 Å². The van der Waals surface area contributed by atoms with E-state index in [1.54, 1.807) is 0 Å². The van der Waals surface area contributed by atoms with Crippen LogP contribution in [0.4, 0.5) is 0 Å². The van der Waals surface area contributed by atoms with Gasteiger partial charge in [-0.05, 0) is 43.6 Å². The lowest BCUT2D eigenvalue weighted by molar-refractivity contribution is 0.0340. The molecule has 78 valence electrons. The molecule has 1 aliphatic rings. The fraction of sp³-hybridized carbons (Fsp3) is 1.00. The predicted molar refractivity (Wildman–Crippen MR) is 55.4 cm³/mol. The molecule has 2 nitrogen and oxygen atoms in total. The van der Waals surface area contributed by atoms with Gasteiger partial charge in [0.2, 0.25) is 0 Å². The molecule has 0 bridgehead atoms. The Bertz CT molecular complexity index is 154. The summed E-state index contributed by atoms with van der Waals surface area (Å²) >= 11 is 0. The van der Waals surface area contributed by atoms with Crippen molar-refractivity contribution in [2.75, 3.05) is 6.54 Å². The highest BCUT2D eigenvalue weighted by Gasteiger charge is 2.49. The fourth-order valence-electron chi connectivity index (χ4n) is 2.29. The van der Waals surface area contributed by atoms with E-state index in [0.717, 1.165) is 19.3 Å². The summed E-state index contributed by atoms with van der Waals surface area (Å²) < 4.78 is 0. The monoisotopic (exact) mass is 185 g/mol. The molecule has 0 aromatic carbocycles. The highest BCUT2D eigenvalue weighted by Crippen LogP contribution is 2.53. The van der Waals surface area contributed by atoms with Crippen molar-refractivity contribution in [3.8, 4) is 0 Å². The maximum Gasteiger partial charge on any atom is 0.0636 e. The van der Waals surface area contributed by atoms with Crippen molar-refractivity contribution in [2.24, 2.45) is 17.1 Å². The van der Waals surface area contributed by atoms with E-state index in [1.807, 2.05) is 0 Å². The summed E-state index contributed by atoms with van der Waals surface area (Å²) in [4.78, 5) is 0. The van der Waals surface area contributed by atoms with Gasteiger partial charge in [0.05, 0.1) is 6.10 Å². The minimum Gasteiger partial charge on any atom is -0.392 e. The number of aliphatic hydroxyl groups is 1. The number of aliphatic hydroxyl groups excluding tert-OH is 1. The molecule has 2 unspecified atom stereocenters. The Labute approximate surface area is 81.5 Å². The summed E-state index contributed by atoms with van der Waals surface area (Å²) in [7, 11) is 0. The van der Waals surface area contributed by atoms with Crippen LogP contribution in [0.5, 0.6) is 0 Å². The summed E-state index contributed by atoms with van der Waals surface area (Å²) in [5, 5.41) is 10.2. The van der Waals surface area contributed by atoms with E-state index >= 15 is 0 Å². The SMILES string of the molecule is CCCC(CN)C(O)C1(CC)CC1. The summed E-state index contributed by atoms with van der Waals surface area (Å²) in [6.07, 6.45) is 5.55. The first-order valence-electron chi connectivity index (χ1n) is 5.58. The lowest BCUT2D eigenvalue weighted by atomic mass is 9.84. The van der Waals surface area contributed by atoms with E-state index in [2.05, 4.69) is 13.8 Å². The maximum absolute atomic E-state index is 10.2. The van der Waals surface area contributed by atoms with Crippen LogP contribution in [0.25, 0.3) is 0 Å². The van der Waals surface area contributed by atoms with Crippen LogP contribution in [-0.4, -0.2) is 17.8 Å². The van der Waals surface area contributed by atoms with Gasteiger partial charge in [0.15, 0.2) is 0 Å². The van der Waals surface area contributed by atoms with Crippen LogP contribution in [0.1, 0.15) is 46.0 Å². The van der Waals surface area contributed by atoms with E-state index in [9.17, 15) is 5.11 Å². The van der Waals surface area contributed by atoms with Gasteiger partial charge in [0.1, 0.15) is 0 Å². The molecule has 1 fully saturated rings. The molecule has 13 heavy (non-hydrogen) atoms. The second-order valence-corrected chi connectivity index (χ2v) is 4.45. The second kappa shape index (κ2) is 4.43. The molecule has 2 heteroatoms. The fourth-order valence-corrected chi connectivity index (χ4v) is 2.29. The third-order valence-electron chi connectivity index (χ3n) is 3.63. The highest BCUT2D eigenvalue weighted by molar-refractivity contribution is 5.00. The molecule has 0 amide bonds. The lowest BCUT2D eigenvalue weighted by Crippen LogP contribution is -2.35. The molecule has 0 aromatic rings. The minimum atomic E-state index is -0.151. The van der Waals surface area contributed by atoms with Gasteiger partial charge in [-0.25, -0.2) is 0 Å². The lowest BCUT2D eigenvalue weighted by Gasteiger charge is -2.28. The zero-order valence-corrected chi connectivity index (χ0v) is 8.92. The van der Waals surface area contributed by atoms with Crippen LogP contribution >= 0.6 is 0 Å². The average molecular weight is 185 g/mol. The Hall–Kier alpha value is -0.0800. The first-order valence-corrected chi connectivity index (χ1v) is 5.58. The molecule has 1 aliphatic carbocycles. The van der Waals surface area contributed by atoms with Gasteiger partial charge in [-0.2, -0.15) is 0 Å². The minimum absolute atomic E-state index is 0.151. The largest absolute Gasteiger partial charge is 0.392 e. The van der Waals surface area contributed by atoms with Crippen LogP contribution in [-0.2, 0) is 0 Å². The number of nitrogens with two attached hydrogens (primary N) is 1. The van der Waals surface area contributed by atoms with Crippen molar-refractivity contribution in [1.82, 2.24) is 0 Å². The molecule has 0 heterocycles. The van der Waals surface area contributed by atoms with E-state index in [4.69, 9.17) is 5.73 Å². The number of rotatable bonds is 6. The van der Waals surface area contributed by atoms with Crippen molar-refractivity contribution < 1.29 is 5.11 Å². The van der Waals surface area contributed by atoms with Gasteiger partial charge in [-0.1, -0.05) is 20.3 Å². The molecule has 1 rings (SSSR count). The van der Waals surface area contributed by atoms with Crippen molar-refractivity contribution in [3.05, 3.63) is 0 Å². The zero-order valence-electron chi connectivity index (χ0n) is 8.92. The summed E-state index contributed by atoms with van der Waals surface area (Å²) in [5.41, 5.74) is 5.93. The quantitative estimate of drug-likeness (QED) is 0.664. The van der Waals surface area contributed by atoms with Crippen LogP contribution in [0, 0.1) is 11.3 Å². The van der Waals surface area contributed by atoms with Gasteiger partial charge >= 0.3 is 0 Å². The summed E-state index contributed by atoms with van der Waals surface area (Å²) in [6.45, 7) is 4.97. The molecule has 0 aliphatic heterocycles. The average Bonchev–Trinajstić information content (AvgIpc) is 2.93. The summed E-state index contributed by atoms with van der Waals surface area (Å²) in [6, 6.07) is 0. The number of hydrogen-bond donors (Lipinski definition) is 2. The highest BCUT2D eigenvalue weighted by atomic mass is 16.3. The van der Waals surface area contributed by atoms with Crippen LogP contribution < -0.4 is 5.73 Å². The molecule has 2 atom stereocenters. The standard InChI is InChI=1S/C11H23NO/c1-3-5-9(8-12)10(13)11(4-2)6-7-11/h9-10,13H,3-8,12H2,1-2H3. The Morgan fingerprint density at radius 1 is 1.38 bits per heavy atom. The normalized spacial score (nSPS) is 24.0. The number of hydrogen-bond acceptors (Lipinski definition) is 2. The third-order valence-corrected chi connectivity index (χ3v) is 3.63. The second-order valence-electron chi connectivity index (χ2n) is 4.45. The Morgan fingerprint density at radius 3 is 2.31 bits per heavy atom. The molecule has 3 N–H and O–H groups in total. The maximum atomic E-state index is 10.2. The first kappa shape index (κ1) is 11.0. The third kappa shape index (κ3) is 2.23. The van der Waals surface area contributed by atoms with Crippen molar-refractivity contribution in [3.63, 3.8) is 0 Å². The molecule has 0 spiro atoms. The Morgan fingerprint density at radius 2 is 2.00 bits per heavy atom. The van der Waals surface area contributed by atoms with E-state index in [-0.39, 0.29) is 11.5 Å². The first-order chi connectivity index (χ1) is 6.20. The van der Waals surface area contributed by atoms with Crippen molar-refractivity contribution in [2.45, 2.75) is 52.1 Å². The molecule has 0 aromatic heterocycles. The van der Waals surface area contributed by atoms with Crippen LogP contribution in [0.15, 0.2) is 0 Å². The molecule has 1 saturated carbocycles. The van der Waals surface area contributed by atoms with Crippen LogP contribution in [0.3, 0.4) is 0 Å². The molecule has 0 saturated heterocycles. The zero-order chi connectivity index (χ0) is 9.90. The van der Waals surface area contributed by atoms with Crippen molar-refractivity contribution >= 4 is 0 Å². The van der Waals surface area contributed by atoms with Crippen LogP contribution in [0.2, 0.25) is 0 Å². The van der Waals surface area contributed by atoms with E-state index in [1.165, 1.54) is 12.8 Å². The van der Waals surface area contributed by atoms with Gasteiger partial charge in [-0.3, -0.25) is 0 Å². The molecular formula is C11H23NO. The molecular weight excluding hydrogens is 162 g/mol. The Kier molecular flexibility index (Phi) is 3.74.